The van der Waals surface area contributed by atoms with E-state index in [-0.39, 0.29) is 23.8 Å². The maximum absolute atomic E-state index is 11.7. The first-order valence-corrected chi connectivity index (χ1v) is 6.55. The minimum Gasteiger partial charge on any atom is -0.508 e. The molecule has 6 nitrogen and oxygen atoms in total. The molecule has 2 rings (SSSR count). The van der Waals surface area contributed by atoms with Gasteiger partial charge in [-0.05, 0) is 29.8 Å². The van der Waals surface area contributed by atoms with Crippen LogP contribution in [0.4, 0.5) is 0 Å². The Morgan fingerprint density at radius 2 is 1.86 bits per heavy atom. The molecule has 2 aromatic carbocycles. The SMILES string of the molecule is COc1cc(O)ccc1/C=N/NC(=O)Cc1ccc(O)cc1. The highest BCUT2D eigenvalue weighted by atomic mass is 16.5. The van der Waals surface area contributed by atoms with E-state index < -0.39 is 0 Å². The third kappa shape index (κ3) is 4.24. The van der Waals surface area contributed by atoms with Gasteiger partial charge >= 0.3 is 0 Å². The lowest BCUT2D eigenvalue weighted by Gasteiger charge is -2.05. The van der Waals surface area contributed by atoms with Crippen LogP contribution in [0, 0.1) is 0 Å². The van der Waals surface area contributed by atoms with E-state index in [4.69, 9.17) is 4.74 Å². The average Bonchev–Trinajstić information content (AvgIpc) is 2.51. The summed E-state index contributed by atoms with van der Waals surface area (Å²) in [5.74, 6) is 0.420. The summed E-state index contributed by atoms with van der Waals surface area (Å²) in [4.78, 5) is 11.7. The first-order valence-electron chi connectivity index (χ1n) is 6.55. The van der Waals surface area contributed by atoms with Crippen molar-refractivity contribution >= 4 is 12.1 Å². The van der Waals surface area contributed by atoms with Crippen molar-refractivity contribution < 1.29 is 19.7 Å². The molecule has 0 unspecified atom stereocenters. The molecule has 0 spiro atoms. The van der Waals surface area contributed by atoms with Crippen molar-refractivity contribution in [1.29, 1.82) is 0 Å². The van der Waals surface area contributed by atoms with Gasteiger partial charge in [0.25, 0.3) is 0 Å². The number of amides is 1. The molecule has 0 atom stereocenters. The normalized spacial score (nSPS) is 10.6. The number of carbonyl (C=O) groups is 1. The number of hydrogen-bond acceptors (Lipinski definition) is 5. The number of methoxy groups -OCH3 is 1. The molecule has 0 aliphatic carbocycles. The largest absolute Gasteiger partial charge is 0.508 e. The number of benzene rings is 2. The molecule has 22 heavy (non-hydrogen) atoms. The summed E-state index contributed by atoms with van der Waals surface area (Å²) in [5.41, 5.74) is 3.81. The number of ether oxygens (including phenoxy) is 1. The number of phenols is 2. The van der Waals surface area contributed by atoms with E-state index in [9.17, 15) is 15.0 Å². The van der Waals surface area contributed by atoms with Crippen LogP contribution in [0.15, 0.2) is 47.6 Å². The Hall–Kier alpha value is -3.02. The Bertz CT molecular complexity index is 681. The minimum absolute atomic E-state index is 0.0883. The van der Waals surface area contributed by atoms with E-state index in [1.807, 2.05) is 0 Å². The molecule has 3 N–H and O–H groups in total. The second kappa shape index (κ2) is 7.12. The van der Waals surface area contributed by atoms with Crippen LogP contribution < -0.4 is 10.2 Å². The molecule has 0 saturated carbocycles. The van der Waals surface area contributed by atoms with E-state index >= 15 is 0 Å². The molecular weight excluding hydrogens is 284 g/mol. The molecular formula is C16H16N2O4. The third-order valence-corrected chi connectivity index (χ3v) is 2.91. The van der Waals surface area contributed by atoms with Crippen LogP contribution in [0.3, 0.4) is 0 Å². The van der Waals surface area contributed by atoms with Gasteiger partial charge in [-0.25, -0.2) is 5.43 Å². The molecule has 0 bridgehead atoms. The lowest BCUT2D eigenvalue weighted by atomic mass is 10.1. The molecule has 0 aromatic heterocycles. The summed E-state index contributed by atoms with van der Waals surface area (Å²) < 4.78 is 5.10. The zero-order valence-electron chi connectivity index (χ0n) is 12.0. The highest BCUT2D eigenvalue weighted by Crippen LogP contribution is 2.22. The average molecular weight is 300 g/mol. The lowest BCUT2D eigenvalue weighted by molar-refractivity contribution is -0.120. The fourth-order valence-corrected chi connectivity index (χ4v) is 1.82. The van der Waals surface area contributed by atoms with Crippen molar-refractivity contribution in [2.45, 2.75) is 6.42 Å². The van der Waals surface area contributed by atoms with Crippen LogP contribution in [0.5, 0.6) is 17.2 Å². The highest BCUT2D eigenvalue weighted by molar-refractivity contribution is 5.86. The predicted octanol–water partition coefficient (Wildman–Crippen LogP) is 1.80. The lowest BCUT2D eigenvalue weighted by Crippen LogP contribution is -2.19. The second-order valence-electron chi connectivity index (χ2n) is 4.56. The zero-order chi connectivity index (χ0) is 15.9. The van der Waals surface area contributed by atoms with E-state index in [2.05, 4.69) is 10.5 Å². The van der Waals surface area contributed by atoms with Gasteiger partial charge in [0.2, 0.25) is 5.91 Å². The number of carbonyl (C=O) groups excluding carboxylic acids is 1. The van der Waals surface area contributed by atoms with Gasteiger partial charge in [0.05, 0.1) is 19.7 Å². The summed E-state index contributed by atoms with van der Waals surface area (Å²) in [7, 11) is 1.48. The van der Waals surface area contributed by atoms with Crippen molar-refractivity contribution in [1.82, 2.24) is 5.43 Å². The van der Waals surface area contributed by atoms with Gasteiger partial charge in [-0.15, -0.1) is 0 Å². The zero-order valence-corrected chi connectivity index (χ0v) is 12.0. The number of rotatable bonds is 5. The summed E-state index contributed by atoms with van der Waals surface area (Å²) in [6, 6.07) is 11.0. The summed E-state index contributed by atoms with van der Waals surface area (Å²) >= 11 is 0. The molecule has 0 radical (unpaired) electrons. The molecule has 114 valence electrons. The molecule has 0 aliphatic rings. The van der Waals surface area contributed by atoms with Crippen LogP contribution in [0.25, 0.3) is 0 Å². The number of nitrogens with one attached hydrogen (secondary N) is 1. The fraction of sp³-hybridized carbons (Fsp3) is 0.125. The molecule has 0 fully saturated rings. The molecule has 6 heteroatoms. The Balaban J connectivity index is 1.94. The van der Waals surface area contributed by atoms with Crippen molar-refractivity contribution in [3.05, 3.63) is 53.6 Å². The van der Waals surface area contributed by atoms with Crippen LogP contribution >= 0.6 is 0 Å². The number of hydrazone groups is 1. The van der Waals surface area contributed by atoms with Crippen LogP contribution in [0.1, 0.15) is 11.1 Å². The van der Waals surface area contributed by atoms with Gasteiger partial charge in [-0.1, -0.05) is 12.1 Å². The molecule has 0 saturated heterocycles. The van der Waals surface area contributed by atoms with E-state index in [0.717, 1.165) is 5.56 Å². The van der Waals surface area contributed by atoms with E-state index in [1.165, 1.54) is 37.6 Å². The Morgan fingerprint density at radius 1 is 1.18 bits per heavy atom. The maximum atomic E-state index is 11.7. The van der Waals surface area contributed by atoms with Gasteiger partial charge in [0, 0.05) is 11.6 Å². The van der Waals surface area contributed by atoms with E-state index in [0.29, 0.717) is 11.3 Å². The number of nitrogens with zero attached hydrogens (tertiary/aromatic N) is 1. The molecule has 1 amide bonds. The molecule has 0 heterocycles. The highest BCUT2D eigenvalue weighted by Gasteiger charge is 2.04. The van der Waals surface area contributed by atoms with Crippen LogP contribution in [-0.4, -0.2) is 29.4 Å². The summed E-state index contributed by atoms with van der Waals surface area (Å²) in [6.07, 6.45) is 1.59. The van der Waals surface area contributed by atoms with Gasteiger partial charge in [-0.2, -0.15) is 5.10 Å². The predicted molar refractivity (Wildman–Crippen MR) is 82.2 cm³/mol. The second-order valence-corrected chi connectivity index (χ2v) is 4.56. The van der Waals surface area contributed by atoms with Gasteiger partial charge in [0.15, 0.2) is 0 Å². The topological polar surface area (TPSA) is 91.2 Å². The number of phenolic OH excluding ortho intramolecular Hbond substituents is 2. The first kappa shape index (κ1) is 15.4. The Labute approximate surface area is 127 Å². The van der Waals surface area contributed by atoms with Gasteiger partial charge < -0.3 is 14.9 Å². The molecule has 2 aromatic rings. The number of hydrogen-bond donors (Lipinski definition) is 3. The van der Waals surface area contributed by atoms with Crippen molar-refractivity contribution in [2.24, 2.45) is 5.10 Å². The third-order valence-electron chi connectivity index (χ3n) is 2.91. The smallest absolute Gasteiger partial charge is 0.244 e. The monoisotopic (exact) mass is 300 g/mol. The van der Waals surface area contributed by atoms with E-state index in [1.54, 1.807) is 18.2 Å². The van der Waals surface area contributed by atoms with Crippen molar-refractivity contribution in [2.75, 3.05) is 7.11 Å². The number of aromatic hydroxyl groups is 2. The summed E-state index contributed by atoms with van der Waals surface area (Å²) in [6.45, 7) is 0. The molecule has 0 aliphatic heterocycles. The van der Waals surface area contributed by atoms with Crippen LogP contribution in [-0.2, 0) is 11.2 Å². The first-order chi connectivity index (χ1) is 10.6. The van der Waals surface area contributed by atoms with Gasteiger partial charge in [-0.3, -0.25) is 4.79 Å². The van der Waals surface area contributed by atoms with Crippen molar-refractivity contribution in [3.63, 3.8) is 0 Å². The minimum atomic E-state index is -0.278. The Kier molecular flexibility index (Phi) is 4.98. The standard InChI is InChI=1S/C16H16N2O4/c1-22-15-9-14(20)7-4-12(15)10-17-18-16(21)8-11-2-5-13(19)6-3-11/h2-7,9-10,19-20H,8H2,1H3,(H,18,21)/b17-10+. The van der Waals surface area contributed by atoms with Crippen LogP contribution in [0.2, 0.25) is 0 Å². The summed E-state index contributed by atoms with van der Waals surface area (Å²) in [5, 5.41) is 22.4. The quantitative estimate of drug-likeness (QED) is 0.580. The Morgan fingerprint density at radius 3 is 2.55 bits per heavy atom. The maximum Gasteiger partial charge on any atom is 0.244 e. The fourth-order valence-electron chi connectivity index (χ4n) is 1.82. The van der Waals surface area contributed by atoms with Gasteiger partial charge in [0.1, 0.15) is 17.2 Å². The van der Waals surface area contributed by atoms with Crippen molar-refractivity contribution in [3.8, 4) is 17.2 Å².